The van der Waals surface area contributed by atoms with Crippen LogP contribution in [0.15, 0.2) is 60.7 Å². The van der Waals surface area contributed by atoms with Crippen LogP contribution in [-0.2, 0) is 16.1 Å². The molecule has 0 aliphatic carbocycles. The summed E-state index contributed by atoms with van der Waals surface area (Å²) in [6.07, 6.45) is 0. The number of amides is 1. The fraction of sp³-hybridized carbons (Fsp3) is 0.160. The quantitative estimate of drug-likeness (QED) is 0.461. The molecule has 176 valence electrons. The molecule has 0 aliphatic rings. The summed E-state index contributed by atoms with van der Waals surface area (Å²) in [7, 11) is 3.96. The number of rotatable bonds is 8. The van der Waals surface area contributed by atoms with Gasteiger partial charge in [-0.25, -0.2) is 9.59 Å². The Labute approximate surface area is 201 Å². The number of methoxy groups -OCH3 is 3. The Morgan fingerprint density at radius 3 is 1.97 bits per heavy atom. The second kappa shape index (κ2) is 11.2. The molecule has 9 heteroatoms. The van der Waals surface area contributed by atoms with Crippen LogP contribution < -0.4 is 14.8 Å². The second-order valence-electron chi connectivity index (χ2n) is 7.01. The molecule has 8 nitrogen and oxygen atoms in total. The summed E-state index contributed by atoms with van der Waals surface area (Å²) in [6.45, 7) is 0.149. The third kappa shape index (κ3) is 6.05. The molecule has 0 fully saturated rings. The van der Waals surface area contributed by atoms with Gasteiger partial charge in [0, 0.05) is 21.8 Å². The first-order chi connectivity index (χ1) is 16.3. The van der Waals surface area contributed by atoms with Gasteiger partial charge in [0.1, 0.15) is 18.1 Å². The van der Waals surface area contributed by atoms with Gasteiger partial charge in [0.25, 0.3) is 5.91 Å². The van der Waals surface area contributed by atoms with Crippen molar-refractivity contribution in [1.29, 1.82) is 0 Å². The van der Waals surface area contributed by atoms with Crippen molar-refractivity contribution in [2.24, 2.45) is 0 Å². The smallest absolute Gasteiger partial charge is 0.337 e. The molecular weight excluding hydrogens is 462 g/mol. The number of carbonyl (C=O) groups excluding carboxylic acids is 3. The maximum Gasteiger partial charge on any atom is 0.337 e. The first kappa shape index (κ1) is 24.6. The summed E-state index contributed by atoms with van der Waals surface area (Å²) in [6, 6.07) is 15.9. The van der Waals surface area contributed by atoms with E-state index in [0.717, 1.165) is 0 Å². The van der Waals surface area contributed by atoms with E-state index in [2.05, 4.69) is 5.32 Å². The van der Waals surface area contributed by atoms with Gasteiger partial charge in [-0.1, -0.05) is 11.6 Å². The molecule has 0 atom stereocenters. The van der Waals surface area contributed by atoms with Gasteiger partial charge in [-0.15, -0.1) is 0 Å². The molecule has 3 aromatic rings. The number of halogens is 1. The average Bonchev–Trinajstić information content (AvgIpc) is 2.86. The van der Waals surface area contributed by atoms with Crippen LogP contribution in [0.4, 0.5) is 5.69 Å². The fourth-order valence-electron chi connectivity index (χ4n) is 3.10. The molecule has 0 radical (unpaired) electrons. The van der Waals surface area contributed by atoms with Gasteiger partial charge in [-0.2, -0.15) is 0 Å². The Morgan fingerprint density at radius 2 is 1.41 bits per heavy atom. The van der Waals surface area contributed by atoms with E-state index in [9.17, 15) is 14.4 Å². The van der Waals surface area contributed by atoms with Crippen LogP contribution in [0.25, 0.3) is 0 Å². The Kier molecular flexibility index (Phi) is 8.10. The summed E-state index contributed by atoms with van der Waals surface area (Å²) in [4.78, 5) is 36.9. The van der Waals surface area contributed by atoms with E-state index < -0.39 is 17.8 Å². The highest BCUT2D eigenvalue weighted by Crippen LogP contribution is 2.24. The first-order valence-electron chi connectivity index (χ1n) is 10.0. The molecule has 3 aromatic carbocycles. The molecule has 1 N–H and O–H groups in total. The molecule has 34 heavy (non-hydrogen) atoms. The number of esters is 2. The molecule has 0 aliphatic heterocycles. The Balaban J connectivity index is 1.84. The monoisotopic (exact) mass is 483 g/mol. The summed E-state index contributed by atoms with van der Waals surface area (Å²) in [5.74, 6) is -0.629. The lowest BCUT2D eigenvalue weighted by Crippen LogP contribution is -2.15. The molecule has 0 unspecified atom stereocenters. The van der Waals surface area contributed by atoms with Crippen LogP contribution in [0.2, 0.25) is 5.02 Å². The molecule has 0 bridgehead atoms. The zero-order valence-corrected chi connectivity index (χ0v) is 19.5. The molecular formula is C25H22ClNO7. The number of benzene rings is 3. The molecule has 0 aromatic heterocycles. The Bertz CT molecular complexity index is 1170. The van der Waals surface area contributed by atoms with Gasteiger partial charge in [0.05, 0.1) is 32.5 Å². The van der Waals surface area contributed by atoms with Crippen LogP contribution in [-0.4, -0.2) is 39.2 Å². The van der Waals surface area contributed by atoms with Crippen LogP contribution in [0, 0.1) is 0 Å². The Morgan fingerprint density at radius 1 is 0.794 bits per heavy atom. The molecule has 0 spiro atoms. The largest absolute Gasteiger partial charge is 0.496 e. The van der Waals surface area contributed by atoms with Crippen molar-refractivity contribution in [3.05, 3.63) is 87.9 Å². The van der Waals surface area contributed by atoms with Crippen molar-refractivity contribution < 1.29 is 33.3 Å². The topological polar surface area (TPSA) is 100 Å². The summed E-state index contributed by atoms with van der Waals surface area (Å²) >= 11 is 5.90. The number of hydrogen-bond acceptors (Lipinski definition) is 7. The van der Waals surface area contributed by atoms with Crippen LogP contribution in [0.1, 0.15) is 36.6 Å². The van der Waals surface area contributed by atoms with Crippen molar-refractivity contribution in [3.8, 4) is 11.5 Å². The predicted octanol–water partition coefficient (Wildman–Crippen LogP) is 4.75. The third-order valence-corrected chi connectivity index (χ3v) is 5.04. The van der Waals surface area contributed by atoms with Gasteiger partial charge in [-0.3, -0.25) is 4.79 Å². The Hall–Kier alpha value is -4.04. The minimum absolute atomic E-state index is 0.0903. The number of ether oxygens (including phenoxy) is 4. The van der Waals surface area contributed by atoms with E-state index in [1.807, 2.05) is 0 Å². The summed E-state index contributed by atoms with van der Waals surface area (Å²) in [5, 5.41) is 3.28. The molecule has 3 rings (SSSR count). The van der Waals surface area contributed by atoms with Crippen LogP contribution in [0.5, 0.6) is 11.5 Å². The van der Waals surface area contributed by atoms with Crippen molar-refractivity contribution in [3.63, 3.8) is 0 Å². The van der Waals surface area contributed by atoms with Crippen molar-refractivity contribution in [2.45, 2.75) is 6.61 Å². The van der Waals surface area contributed by atoms with Crippen LogP contribution >= 0.6 is 11.6 Å². The van der Waals surface area contributed by atoms with E-state index in [1.165, 1.54) is 39.5 Å². The fourth-order valence-corrected chi connectivity index (χ4v) is 3.22. The molecule has 0 saturated heterocycles. The van der Waals surface area contributed by atoms with E-state index in [-0.39, 0.29) is 23.4 Å². The number of nitrogens with one attached hydrogen (secondary N) is 1. The van der Waals surface area contributed by atoms with Gasteiger partial charge >= 0.3 is 11.9 Å². The van der Waals surface area contributed by atoms with E-state index in [1.54, 1.807) is 42.5 Å². The molecule has 0 heterocycles. The van der Waals surface area contributed by atoms with Crippen molar-refractivity contribution in [2.75, 3.05) is 26.6 Å². The molecule has 0 saturated carbocycles. The summed E-state index contributed by atoms with van der Waals surface area (Å²) < 4.78 is 20.6. The lowest BCUT2D eigenvalue weighted by molar-refractivity contribution is 0.0599. The average molecular weight is 484 g/mol. The van der Waals surface area contributed by atoms with Gasteiger partial charge < -0.3 is 24.3 Å². The third-order valence-electron chi connectivity index (χ3n) is 4.78. The standard InChI is InChI=1S/C25H22ClNO7/c1-31-22-9-4-15(10-18(22)14-34-21-7-5-19(26)6-8-21)23(28)27-20-12-16(24(29)32-2)11-17(13-20)25(30)33-3/h4-13H,14H2,1-3H3,(H,27,28). The first-order valence-corrected chi connectivity index (χ1v) is 10.4. The highest BCUT2D eigenvalue weighted by atomic mass is 35.5. The lowest BCUT2D eigenvalue weighted by atomic mass is 10.1. The SMILES string of the molecule is COC(=O)c1cc(NC(=O)c2ccc(OC)c(COc3ccc(Cl)cc3)c2)cc(C(=O)OC)c1. The number of anilines is 1. The van der Waals surface area contributed by atoms with Gasteiger partial charge in [0.15, 0.2) is 0 Å². The van der Waals surface area contributed by atoms with Gasteiger partial charge in [0.2, 0.25) is 0 Å². The zero-order valence-electron chi connectivity index (χ0n) is 18.7. The number of carbonyl (C=O) groups is 3. The maximum absolute atomic E-state index is 12.9. The minimum atomic E-state index is -0.660. The normalized spacial score (nSPS) is 10.2. The molecule has 1 amide bonds. The highest BCUT2D eigenvalue weighted by Gasteiger charge is 2.16. The van der Waals surface area contributed by atoms with E-state index in [4.69, 9.17) is 30.5 Å². The maximum atomic E-state index is 12.9. The van der Waals surface area contributed by atoms with E-state index >= 15 is 0 Å². The lowest BCUT2D eigenvalue weighted by Gasteiger charge is -2.13. The predicted molar refractivity (Wildman–Crippen MR) is 126 cm³/mol. The van der Waals surface area contributed by atoms with Gasteiger partial charge in [-0.05, 0) is 60.7 Å². The minimum Gasteiger partial charge on any atom is -0.496 e. The van der Waals surface area contributed by atoms with Crippen molar-refractivity contribution in [1.82, 2.24) is 0 Å². The van der Waals surface area contributed by atoms with E-state index in [0.29, 0.717) is 27.6 Å². The zero-order chi connectivity index (χ0) is 24.7. The second-order valence-corrected chi connectivity index (χ2v) is 7.44. The summed E-state index contributed by atoms with van der Waals surface area (Å²) in [5.41, 5.74) is 1.37. The van der Waals surface area contributed by atoms with Crippen LogP contribution in [0.3, 0.4) is 0 Å². The number of hydrogen-bond donors (Lipinski definition) is 1. The van der Waals surface area contributed by atoms with Crippen molar-refractivity contribution >= 4 is 35.1 Å². The highest BCUT2D eigenvalue weighted by molar-refractivity contribution is 6.30.